The van der Waals surface area contributed by atoms with E-state index in [0.29, 0.717) is 22.9 Å². The van der Waals surface area contributed by atoms with E-state index in [1.807, 2.05) is 13.2 Å². The number of hydrogen-bond acceptors (Lipinski definition) is 3. The van der Waals surface area contributed by atoms with Crippen LogP contribution in [0.3, 0.4) is 0 Å². The normalized spacial score (nSPS) is 51.5. The van der Waals surface area contributed by atoms with Crippen LogP contribution in [-0.4, -0.2) is 24.8 Å². The summed E-state index contributed by atoms with van der Waals surface area (Å²) in [4.78, 5) is 12.1. The molecule has 0 spiro atoms. The molecule has 3 heteroatoms. The van der Waals surface area contributed by atoms with E-state index in [1.54, 1.807) is 11.6 Å². The number of esters is 1. The smallest absolute Gasteiger partial charge is 0.330 e. The first-order valence-corrected chi connectivity index (χ1v) is 11.9. The van der Waals surface area contributed by atoms with Gasteiger partial charge in [0.15, 0.2) is 0 Å². The Labute approximate surface area is 176 Å². The van der Waals surface area contributed by atoms with E-state index in [-0.39, 0.29) is 11.6 Å². The highest BCUT2D eigenvalue weighted by Gasteiger charge is 2.62. The Morgan fingerprint density at radius 1 is 1.07 bits per heavy atom. The van der Waals surface area contributed by atoms with E-state index in [9.17, 15) is 4.79 Å². The number of rotatable bonds is 2. The van der Waals surface area contributed by atoms with Crippen LogP contribution in [0.15, 0.2) is 23.8 Å². The second-order valence-corrected chi connectivity index (χ2v) is 11.4. The molecule has 0 aromatic carbocycles. The summed E-state index contributed by atoms with van der Waals surface area (Å²) in [5.41, 5.74) is 2.04. The molecule has 5 aliphatic rings. The average Bonchev–Trinajstić information content (AvgIpc) is 3.05. The average molecular weight is 399 g/mol. The third-order valence-electron chi connectivity index (χ3n) is 10.2. The first-order valence-electron chi connectivity index (χ1n) is 11.9. The maximum absolute atomic E-state index is 12.1. The standard InChI is InChI=1S/C26H38O3/c1-24-14-11-18(28-4)16-17(24)7-8-19-20-9-10-22(25(20,2)15-12-21(19)24)26(3)13-5-6-23(27)29-26/h5-7,18-22H,8-16H2,1-4H3/t18-,19-,20-,21-,22-,24-,25-,26-/m0/s1. The van der Waals surface area contributed by atoms with E-state index in [2.05, 4.69) is 26.8 Å². The minimum Gasteiger partial charge on any atom is -0.456 e. The van der Waals surface area contributed by atoms with Gasteiger partial charge in [-0.05, 0) is 86.9 Å². The molecule has 8 atom stereocenters. The van der Waals surface area contributed by atoms with E-state index in [0.717, 1.165) is 30.6 Å². The molecule has 0 N–H and O–H groups in total. The van der Waals surface area contributed by atoms with Gasteiger partial charge in [-0.3, -0.25) is 0 Å². The molecule has 4 aliphatic carbocycles. The molecule has 5 rings (SSSR count). The summed E-state index contributed by atoms with van der Waals surface area (Å²) < 4.78 is 11.7. The lowest BCUT2D eigenvalue weighted by molar-refractivity contribution is -0.169. The molecule has 160 valence electrons. The number of cyclic esters (lactones) is 1. The van der Waals surface area contributed by atoms with Crippen LogP contribution in [0, 0.1) is 34.5 Å². The van der Waals surface area contributed by atoms with Crippen LogP contribution in [0.25, 0.3) is 0 Å². The lowest BCUT2D eigenvalue weighted by Crippen LogP contribution is -2.54. The van der Waals surface area contributed by atoms with Gasteiger partial charge in [-0.15, -0.1) is 0 Å². The largest absolute Gasteiger partial charge is 0.456 e. The molecule has 0 aromatic heterocycles. The fourth-order valence-corrected chi connectivity index (χ4v) is 8.74. The fraction of sp³-hybridized carbons (Fsp3) is 0.808. The molecule has 29 heavy (non-hydrogen) atoms. The van der Waals surface area contributed by atoms with E-state index in [4.69, 9.17) is 9.47 Å². The van der Waals surface area contributed by atoms with Crippen molar-refractivity contribution in [3.05, 3.63) is 23.8 Å². The van der Waals surface area contributed by atoms with Gasteiger partial charge in [-0.2, -0.15) is 0 Å². The Morgan fingerprint density at radius 3 is 2.66 bits per heavy atom. The Kier molecular flexibility index (Phi) is 4.59. The van der Waals surface area contributed by atoms with Crippen molar-refractivity contribution in [3.8, 4) is 0 Å². The van der Waals surface area contributed by atoms with Crippen molar-refractivity contribution in [2.24, 2.45) is 34.5 Å². The third-order valence-corrected chi connectivity index (χ3v) is 10.2. The van der Waals surface area contributed by atoms with Crippen molar-refractivity contribution < 1.29 is 14.3 Å². The van der Waals surface area contributed by atoms with Gasteiger partial charge >= 0.3 is 5.97 Å². The van der Waals surface area contributed by atoms with Gasteiger partial charge < -0.3 is 9.47 Å². The van der Waals surface area contributed by atoms with Gasteiger partial charge in [0.05, 0.1) is 6.10 Å². The summed E-state index contributed by atoms with van der Waals surface area (Å²) in [7, 11) is 1.87. The number of fused-ring (bicyclic) bond motifs is 5. The molecule has 0 bridgehead atoms. The maximum atomic E-state index is 12.1. The van der Waals surface area contributed by atoms with Crippen LogP contribution in [0.4, 0.5) is 0 Å². The van der Waals surface area contributed by atoms with Crippen molar-refractivity contribution >= 4 is 5.97 Å². The number of carbonyl (C=O) groups excluding carboxylic acids is 1. The molecule has 1 heterocycles. The zero-order valence-electron chi connectivity index (χ0n) is 18.7. The van der Waals surface area contributed by atoms with Gasteiger partial charge in [-0.25, -0.2) is 4.79 Å². The monoisotopic (exact) mass is 398 g/mol. The van der Waals surface area contributed by atoms with Gasteiger partial charge in [0.25, 0.3) is 0 Å². The lowest BCUT2D eigenvalue weighted by atomic mass is 9.46. The summed E-state index contributed by atoms with van der Waals surface area (Å²) in [5.74, 6) is 2.72. The van der Waals surface area contributed by atoms with E-state index < -0.39 is 0 Å². The van der Waals surface area contributed by atoms with Crippen LogP contribution in [0.5, 0.6) is 0 Å². The van der Waals surface area contributed by atoms with Gasteiger partial charge in [0.1, 0.15) is 5.60 Å². The summed E-state index contributed by atoms with van der Waals surface area (Å²) in [6.45, 7) is 7.29. The molecular formula is C26H38O3. The van der Waals surface area contributed by atoms with E-state index >= 15 is 0 Å². The number of methoxy groups -OCH3 is 1. The Bertz CT molecular complexity index is 753. The molecule has 0 amide bonds. The van der Waals surface area contributed by atoms with Crippen molar-refractivity contribution in [1.82, 2.24) is 0 Å². The molecule has 0 saturated heterocycles. The molecule has 3 fully saturated rings. The number of ether oxygens (including phenoxy) is 2. The maximum Gasteiger partial charge on any atom is 0.330 e. The summed E-state index contributed by atoms with van der Waals surface area (Å²) in [6, 6.07) is 0. The zero-order chi connectivity index (χ0) is 20.4. The topological polar surface area (TPSA) is 35.5 Å². The minimum atomic E-state index is -0.321. The summed E-state index contributed by atoms with van der Waals surface area (Å²) in [6.07, 6.45) is 17.6. The number of hydrogen-bond donors (Lipinski definition) is 0. The van der Waals surface area contributed by atoms with Crippen LogP contribution < -0.4 is 0 Å². The predicted octanol–water partition coefficient (Wildman–Crippen LogP) is 5.84. The highest BCUT2D eigenvalue weighted by atomic mass is 16.6. The van der Waals surface area contributed by atoms with E-state index in [1.165, 1.54) is 44.9 Å². The molecule has 0 radical (unpaired) electrons. The van der Waals surface area contributed by atoms with Crippen molar-refractivity contribution in [2.45, 2.75) is 90.3 Å². The van der Waals surface area contributed by atoms with Gasteiger partial charge in [0, 0.05) is 25.5 Å². The second-order valence-electron chi connectivity index (χ2n) is 11.4. The summed E-state index contributed by atoms with van der Waals surface area (Å²) >= 11 is 0. The van der Waals surface area contributed by atoms with Crippen LogP contribution in [0.2, 0.25) is 0 Å². The lowest BCUT2D eigenvalue weighted by Gasteiger charge is -2.59. The zero-order valence-corrected chi connectivity index (χ0v) is 18.7. The quantitative estimate of drug-likeness (QED) is 0.433. The first-order chi connectivity index (χ1) is 13.8. The first kappa shape index (κ1) is 19.8. The highest BCUT2D eigenvalue weighted by Crippen LogP contribution is 2.68. The van der Waals surface area contributed by atoms with Crippen molar-refractivity contribution in [3.63, 3.8) is 0 Å². The van der Waals surface area contributed by atoms with Crippen LogP contribution >= 0.6 is 0 Å². The number of carbonyl (C=O) groups is 1. The second kappa shape index (κ2) is 6.70. The third kappa shape index (κ3) is 2.82. The van der Waals surface area contributed by atoms with Crippen molar-refractivity contribution in [2.75, 3.05) is 7.11 Å². The van der Waals surface area contributed by atoms with Gasteiger partial charge in [-0.1, -0.05) is 31.6 Å². The molecule has 0 unspecified atom stereocenters. The molecule has 3 saturated carbocycles. The van der Waals surface area contributed by atoms with Crippen LogP contribution in [0.1, 0.15) is 78.6 Å². The highest BCUT2D eigenvalue weighted by molar-refractivity contribution is 5.83. The minimum absolute atomic E-state index is 0.146. The Hall–Kier alpha value is -1.09. The predicted molar refractivity (Wildman–Crippen MR) is 114 cm³/mol. The Balaban J connectivity index is 1.43. The molecule has 1 aliphatic heterocycles. The molecule has 0 aromatic rings. The van der Waals surface area contributed by atoms with Crippen molar-refractivity contribution in [1.29, 1.82) is 0 Å². The molecular weight excluding hydrogens is 360 g/mol. The Morgan fingerprint density at radius 2 is 1.90 bits per heavy atom. The van der Waals surface area contributed by atoms with Gasteiger partial charge in [0.2, 0.25) is 0 Å². The SMILES string of the molecule is CO[C@H]1CC[C@@]2(C)C(=CC[C@H]3[C@@H]4CC[C@H]([C@]5(C)CC=CC(=O)O5)[C@@]4(C)CC[C@@H]32)C1. The fourth-order valence-electron chi connectivity index (χ4n) is 8.74. The summed E-state index contributed by atoms with van der Waals surface area (Å²) in [5, 5.41) is 0. The van der Waals surface area contributed by atoms with Crippen LogP contribution in [-0.2, 0) is 14.3 Å². The number of allylic oxidation sites excluding steroid dienone is 1. The molecule has 3 nitrogen and oxygen atoms in total.